The second-order valence-electron chi connectivity index (χ2n) is 4.45. The van der Waals surface area contributed by atoms with E-state index in [1.54, 1.807) is 7.05 Å². The molecular formula is C13H14F3NO2. The van der Waals surface area contributed by atoms with Gasteiger partial charge in [0.2, 0.25) is 0 Å². The van der Waals surface area contributed by atoms with E-state index in [-0.39, 0.29) is 18.2 Å². The number of halogens is 3. The highest BCUT2D eigenvalue weighted by Crippen LogP contribution is 2.33. The SMILES string of the molecule is CNC1COCC1C(=O)c1ccccc1C(F)(F)F. The van der Waals surface area contributed by atoms with Gasteiger partial charge >= 0.3 is 6.18 Å². The van der Waals surface area contributed by atoms with Crippen LogP contribution in [0.4, 0.5) is 13.2 Å². The van der Waals surface area contributed by atoms with E-state index >= 15 is 0 Å². The predicted octanol–water partition coefficient (Wildman–Crippen LogP) is 2.12. The Bertz CT molecular complexity index is 473. The number of Topliss-reactive ketones (excluding diaryl/α,β-unsaturated/α-hetero) is 1. The van der Waals surface area contributed by atoms with E-state index in [0.717, 1.165) is 6.07 Å². The van der Waals surface area contributed by atoms with Crippen LogP contribution in [-0.2, 0) is 10.9 Å². The van der Waals surface area contributed by atoms with Crippen molar-refractivity contribution in [3.63, 3.8) is 0 Å². The van der Waals surface area contributed by atoms with Crippen LogP contribution in [0.1, 0.15) is 15.9 Å². The first-order valence-electron chi connectivity index (χ1n) is 5.90. The molecule has 2 atom stereocenters. The Kier molecular flexibility index (Phi) is 3.91. The van der Waals surface area contributed by atoms with Crippen LogP contribution >= 0.6 is 0 Å². The molecule has 1 aliphatic rings. The number of rotatable bonds is 3. The Balaban J connectivity index is 2.34. The van der Waals surface area contributed by atoms with E-state index in [9.17, 15) is 18.0 Å². The van der Waals surface area contributed by atoms with Gasteiger partial charge in [-0.3, -0.25) is 4.79 Å². The third-order valence-corrected chi connectivity index (χ3v) is 3.29. The summed E-state index contributed by atoms with van der Waals surface area (Å²) in [4.78, 5) is 12.3. The zero-order valence-electron chi connectivity index (χ0n) is 10.3. The smallest absolute Gasteiger partial charge is 0.379 e. The number of carbonyl (C=O) groups is 1. The second kappa shape index (κ2) is 5.30. The molecule has 19 heavy (non-hydrogen) atoms. The Morgan fingerprint density at radius 3 is 2.63 bits per heavy atom. The van der Waals surface area contributed by atoms with Crippen molar-refractivity contribution in [2.45, 2.75) is 12.2 Å². The summed E-state index contributed by atoms with van der Waals surface area (Å²) < 4.78 is 43.8. The van der Waals surface area contributed by atoms with E-state index < -0.39 is 23.4 Å². The van der Waals surface area contributed by atoms with E-state index in [1.165, 1.54) is 18.2 Å². The molecule has 0 saturated carbocycles. The number of nitrogens with one attached hydrogen (secondary N) is 1. The molecule has 104 valence electrons. The molecule has 2 unspecified atom stereocenters. The van der Waals surface area contributed by atoms with Gasteiger partial charge in [-0.25, -0.2) is 0 Å². The Morgan fingerprint density at radius 1 is 1.32 bits per heavy atom. The van der Waals surface area contributed by atoms with Crippen molar-refractivity contribution < 1.29 is 22.7 Å². The molecule has 1 aromatic rings. The number of likely N-dealkylation sites (N-methyl/N-ethyl adjacent to an activating group) is 1. The van der Waals surface area contributed by atoms with Crippen molar-refractivity contribution in [1.29, 1.82) is 0 Å². The highest BCUT2D eigenvalue weighted by molar-refractivity contribution is 6.00. The minimum absolute atomic E-state index is 0.149. The maximum Gasteiger partial charge on any atom is 0.417 e. The molecule has 0 aromatic heterocycles. The Hall–Kier alpha value is -1.40. The van der Waals surface area contributed by atoms with Crippen molar-refractivity contribution in [2.75, 3.05) is 20.3 Å². The quantitative estimate of drug-likeness (QED) is 0.857. The van der Waals surface area contributed by atoms with Gasteiger partial charge in [0.25, 0.3) is 0 Å². The predicted molar refractivity (Wildman–Crippen MR) is 62.9 cm³/mol. The van der Waals surface area contributed by atoms with E-state index in [1.807, 2.05) is 0 Å². The molecule has 1 heterocycles. The highest BCUT2D eigenvalue weighted by atomic mass is 19.4. The van der Waals surface area contributed by atoms with E-state index in [4.69, 9.17) is 4.74 Å². The molecule has 0 spiro atoms. The van der Waals surface area contributed by atoms with Crippen LogP contribution in [-0.4, -0.2) is 32.1 Å². The number of benzene rings is 1. The van der Waals surface area contributed by atoms with Crippen molar-refractivity contribution >= 4 is 5.78 Å². The summed E-state index contributed by atoms with van der Waals surface area (Å²) in [5.74, 6) is -1.10. The van der Waals surface area contributed by atoms with Crippen molar-refractivity contribution in [1.82, 2.24) is 5.32 Å². The molecule has 0 amide bonds. The van der Waals surface area contributed by atoms with E-state index in [2.05, 4.69) is 5.32 Å². The lowest BCUT2D eigenvalue weighted by molar-refractivity contribution is -0.137. The average molecular weight is 273 g/mol. The van der Waals surface area contributed by atoms with Gasteiger partial charge in [-0.05, 0) is 13.1 Å². The number of ether oxygens (including phenoxy) is 1. The Labute approximate surface area is 108 Å². The van der Waals surface area contributed by atoms with Gasteiger partial charge in [-0.15, -0.1) is 0 Å². The summed E-state index contributed by atoms with van der Waals surface area (Å²) in [7, 11) is 1.66. The molecule has 6 heteroatoms. The maximum atomic E-state index is 12.9. The number of carbonyl (C=O) groups excluding carboxylic acids is 1. The molecular weight excluding hydrogens is 259 g/mol. The molecule has 1 N–H and O–H groups in total. The summed E-state index contributed by atoms with van der Waals surface area (Å²) in [6.45, 7) is 0.484. The zero-order chi connectivity index (χ0) is 14.0. The standard InChI is InChI=1S/C13H14F3NO2/c1-17-11-7-19-6-9(11)12(18)8-4-2-3-5-10(8)13(14,15)16/h2-5,9,11,17H,6-7H2,1H3. The van der Waals surface area contributed by atoms with Crippen LogP contribution in [0.3, 0.4) is 0 Å². The molecule has 1 aromatic carbocycles. The molecule has 0 bridgehead atoms. The van der Waals surface area contributed by atoms with Crippen molar-refractivity contribution in [3.8, 4) is 0 Å². The minimum atomic E-state index is -4.53. The second-order valence-corrected chi connectivity index (χ2v) is 4.45. The number of hydrogen-bond donors (Lipinski definition) is 1. The average Bonchev–Trinajstić information content (AvgIpc) is 2.85. The third-order valence-electron chi connectivity index (χ3n) is 3.29. The molecule has 2 rings (SSSR count). The number of hydrogen-bond acceptors (Lipinski definition) is 3. The number of alkyl halides is 3. The van der Waals surface area contributed by atoms with Crippen molar-refractivity contribution in [2.24, 2.45) is 5.92 Å². The fourth-order valence-corrected chi connectivity index (χ4v) is 2.24. The molecule has 0 aliphatic carbocycles. The first-order valence-corrected chi connectivity index (χ1v) is 5.90. The first-order chi connectivity index (χ1) is 8.95. The fourth-order valence-electron chi connectivity index (χ4n) is 2.24. The van der Waals surface area contributed by atoms with Crippen LogP contribution in [0.15, 0.2) is 24.3 Å². The van der Waals surface area contributed by atoms with Gasteiger partial charge in [0, 0.05) is 11.6 Å². The molecule has 1 saturated heterocycles. The van der Waals surface area contributed by atoms with Gasteiger partial charge in [-0.1, -0.05) is 18.2 Å². The van der Waals surface area contributed by atoms with Gasteiger partial charge in [-0.2, -0.15) is 13.2 Å². The normalized spacial score (nSPS) is 23.6. The lowest BCUT2D eigenvalue weighted by Crippen LogP contribution is -2.37. The third kappa shape index (κ3) is 2.79. The summed E-state index contributed by atoms with van der Waals surface area (Å²) in [5, 5.41) is 2.90. The fraction of sp³-hybridized carbons (Fsp3) is 0.462. The topological polar surface area (TPSA) is 38.3 Å². The minimum Gasteiger partial charge on any atom is -0.379 e. The summed E-state index contributed by atoms with van der Waals surface area (Å²) in [6.07, 6.45) is -4.53. The monoisotopic (exact) mass is 273 g/mol. The molecule has 1 aliphatic heterocycles. The van der Waals surface area contributed by atoms with Gasteiger partial charge in [0.05, 0.1) is 24.7 Å². The highest BCUT2D eigenvalue weighted by Gasteiger charge is 2.39. The lowest BCUT2D eigenvalue weighted by atomic mass is 9.90. The van der Waals surface area contributed by atoms with Crippen LogP contribution < -0.4 is 5.32 Å². The van der Waals surface area contributed by atoms with Crippen LogP contribution in [0.5, 0.6) is 0 Å². The zero-order valence-corrected chi connectivity index (χ0v) is 10.3. The summed E-state index contributed by atoms with van der Waals surface area (Å²) in [6, 6.07) is 4.62. The Morgan fingerprint density at radius 2 is 2.00 bits per heavy atom. The van der Waals surface area contributed by atoms with Crippen LogP contribution in [0.2, 0.25) is 0 Å². The largest absolute Gasteiger partial charge is 0.417 e. The summed E-state index contributed by atoms with van der Waals surface area (Å²) >= 11 is 0. The van der Waals surface area contributed by atoms with Gasteiger partial charge in [0.1, 0.15) is 0 Å². The first kappa shape index (κ1) is 14.0. The van der Waals surface area contributed by atoms with Gasteiger partial charge < -0.3 is 10.1 Å². The lowest BCUT2D eigenvalue weighted by Gasteiger charge is -2.18. The van der Waals surface area contributed by atoms with Crippen LogP contribution in [0, 0.1) is 5.92 Å². The maximum absolute atomic E-state index is 12.9. The van der Waals surface area contributed by atoms with Crippen molar-refractivity contribution in [3.05, 3.63) is 35.4 Å². The number of ketones is 1. The van der Waals surface area contributed by atoms with Crippen LogP contribution in [0.25, 0.3) is 0 Å². The molecule has 3 nitrogen and oxygen atoms in total. The summed E-state index contributed by atoms with van der Waals surface area (Å²) in [5.41, 5.74) is -1.17. The van der Waals surface area contributed by atoms with E-state index in [0.29, 0.717) is 6.61 Å². The molecule has 1 fully saturated rings. The van der Waals surface area contributed by atoms with Gasteiger partial charge in [0.15, 0.2) is 5.78 Å². The molecule has 0 radical (unpaired) electrons.